The van der Waals surface area contributed by atoms with Gasteiger partial charge in [0.2, 0.25) is 0 Å². The largest absolute Gasteiger partial charge is 0.453 e. The maximum Gasteiger partial charge on any atom is 0.338 e. The number of carbonyl (C=O) groups is 1. The number of benzene rings is 1. The molecule has 0 bridgehead atoms. The number of cyclic esters (lactones) is 1. The van der Waals surface area contributed by atoms with Crippen LogP contribution >= 0.6 is 23.5 Å². The standard InChI is InChI=1S/C18H19NO2S2/c1-11-16-15(17(20)21-11)18(22-8-9-23-18)10-14-13-5-3-2-4-12(13)6-7-19(14)16/h2-5,11,14H,6-10H2,1H3/t11-,14+/m0/s1. The Hall–Kier alpha value is -1.07. The van der Waals surface area contributed by atoms with Gasteiger partial charge in [-0.3, -0.25) is 0 Å². The predicted octanol–water partition coefficient (Wildman–Crippen LogP) is 3.37. The van der Waals surface area contributed by atoms with Crippen molar-refractivity contribution in [2.24, 2.45) is 0 Å². The molecule has 2 atom stereocenters. The molecule has 4 aliphatic heterocycles. The van der Waals surface area contributed by atoms with E-state index in [0.29, 0.717) is 6.04 Å². The summed E-state index contributed by atoms with van der Waals surface area (Å²) in [6.45, 7) is 3.02. The van der Waals surface area contributed by atoms with Gasteiger partial charge in [-0.15, -0.1) is 23.5 Å². The van der Waals surface area contributed by atoms with Crippen molar-refractivity contribution in [2.45, 2.75) is 36.0 Å². The van der Waals surface area contributed by atoms with Crippen molar-refractivity contribution in [1.82, 2.24) is 4.90 Å². The number of ether oxygens (including phenoxy) is 1. The van der Waals surface area contributed by atoms with Crippen LogP contribution in [0.3, 0.4) is 0 Å². The third kappa shape index (κ3) is 1.89. The highest BCUT2D eigenvalue weighted by Crippen LogP contribution is 2.61. The molecule has 1 saturated heterocycles. The smallest absolute Gasteiger partial charge is 0.338 e. The normalized spacial score (nSPS) is 31.0. The number of carbonyl (C=O) groups excluding carboxylic acids is 1. The van der Waals surface area contributed by atoms with Gasteiger partial charge in [-0.05, 0) is 24.5 Å². The van der Waals surface area contributed by atoms with Crippen LogP contribution in [0.15, 0.2) is 35.5 Å². The lowest BCUT2D eigenvalue weighted by Crippen LogP contribution is -2.45. The fourth-order valence-corrected chi connectivity index (χ4v) is 7.92. The van der Waals surface area contributed by atoms with Crippen molar-refractivity contribution in [3.8, 4) is 0 Å². The summed E-state index contributed by atoms with van der Waals surface area (Å²) in [5.74, 6) is 2.17. The lowest BCUT2D eigenvalue weighted by Gasteiger charge is -2.48. The van der Waals surface area contributed by atoms with E-state index in [2.05, 4.69) is 29.2 Å². The molecule has 1 aromatic carbocycles. The number of nitrogens with zero attached hydrogens (tertiary/aromatic N) is 1. The maximum atomic E-state index is 12.6. The van der Waals surface area contributed by atoms with Crippen LogP contribution in [0, 0.1) is 0 Å². The van der Waals surface area contributed by atoms with Gasteiger partial charge in [-0.1, -0.05) is 24.3 Å². The van der Waals surface area contributed by atoms with Crippen molar-refractivity contribution >= 4 is 29.5 Å². The van der Waals surface area contributed by atoms with Gasteiger partial charge in [0.15, 0.2) is 0 Å². The minimum Gasteiger partial charge on any atom is -0.453 e. The van der Waals surface area contributed by atoms with Crippen molar-refractivity contribution < 1.29 is 9.53 Å². The molecule has 1 aromatic rings. The summed E-state index contributed by atoms with van der Waals surface area (Å²) >= 11 is 3.91. The van der Waals surface area contributed by atoms with E-state index in [1.807, 2.05) is 30.4 Å². The first-order valence-corrected chi connectivity index (χ1v) is 10.2. The molecule has 0 amide bonds. The zero-order valence-electron chi connectivity index (χ0n) is 13.1. The van der Waals surface area contributed by atoms with Gasteiger partial charge in [-0.2, -0.15) is 0 Å². The van der Waals surface area contributed by atoms with Gasteiger partial charge in [0.1, 0.15) is 6.10 Å². The summed E-state index contributed by atoms with van der Waals surface area (Å²) in [4.78, 5) is 15.0. The summed E-state index contributed by atoms with van der Waals surface area (Å²) in [7, 11) is 0. The summed E-state index contributed by atoms with van der Waals surface area (Å²) in [5.41, 5.74) is 5.05. The van der Waals surface area contributed by atoms with Gasteiger partial charge in [0.25, 0.3) is 0 Å². The minimum absolute atomic E-state index is 0.0771. The Bertz CT molecular complexity index is 723. The predicted molar refractivity (Wildman–Crippen MR) is 94.4 cm³/mol. The molecule has 1 spiro atoms. The van der Waals surface area contributed by atoms with Crippen molar-refractivity contribution in [1.29, 1.82) is 0 Å². The molecule has 1 fully saturated rings. The molecular weight excluding hydrogens is 326 g/mol. The SMILES string of the molecule is C[C@@H]1OC(=O)C2=C1N1CCc3ccccc3[C@H]1CC21SCCS1. The Morgan fingerprint density at radius 2 is 2.04 bits per heavy atom. The Morgan fingerprint density at radius 3 is 2.87 bits per heavy atom. The average Bonchev–Trinajstić information content (AvgIpc) is 3.13. The quantitative estimate of drug-likeness (QED) is 0.673. The van der Waals surface area contributed by atoms with E-state index in [4.69, 9.17) is 4.74 Å². The highest BCUT2D eigenvalue weighted by Gasteiger charge is 2.56. The van der Waals surface area contributed by atoms with Crippen molar-refractivity contribution in [3.63, 3.8) is 0 Å². The van der Waals surface area contributed by atoms with E-state index in [1.165, 1.54) is 16.8 Å². The monoisotopic (exact) mass is 345 g/mol. The second kappa shape index (κ2) is 4.96. The van der Waals surface area contributed by atoms with Crippen LogP contribution in [0.5, 0.6) is 0 Å². The first kappa shape index (κ1) is 14.3. The Labute approximate surface area is 144 Å². The van der Waals surface area contributed by atoms with Gasteiger partial charge < -0.3 is 9.64 Å². The van der Waals surface area contributed by atoms with Gasteiger partial charge in [-0.25, -0.2) is 4.79 Å². The van der Waals surface area contributed by atoms with Crippen LogP contribution in [0.1, 0.15) is 30.5 Å². The van der Waals surface area contributed by atoms with Crippen LogP contribution < -0.4 is 0 Å². The molecule has 120 valence electrons. The Kier molecular flexibility index (Phi) is 3.08. The zero-order valence-corrected chi connectivity index (χ0v) is 14.7. The summed E-state index contributed by atoms with van der Waals surface area (Å²) in [6.07, 6.45) is 1.96. The summed E-state index contributed by atoms with van der Waals surface area (Å²) in [5, 5.41) is 0. The van der Waals surface area contributed by atoms with Crippen LogP contribution in [-0.4, -0.2) is 39.1 Å². The third-order valence-corrected chi connectivity index (χ3v) is 8.90. The molecule has 0 unspecified atom stereocenters. The molecule has 4 aliphatic rings. The molecule has 5 heteroatoms. The topological polar surface area (TPSA) is 29.5 Å². The van der Waals surface area contributed by atoms with Gasteiger partial charge in [0.05, 0.1) is 21.4 Å². The van der Waals surface area contributed by atoms with Crippen LogP contribution in [0.4, 0.5) is 0 Å². The molecule has 4 heterocycles. The number of fused-ring (bicyclic) bond motifs is 5. The highest BCUT2D eigenvalue weighted by molar-refractivity contribution is 8.21. The van der Waals surface area contributed by atoms with Gasteiger partial charge >= 0.3 is 5.97 Å². The molecule has 0 aromatic heterocycles. The Balaban J connectivity index is 1.70. The van der Waals surface area contributed by atoms with E-state index in [9.17, 15) is 4.79 Å². The van der Waals surface area contributed by atoms with E-state index in [-0.39, 0.29) is 16.2 Å². The number of hydrogen-bond donors (Lipinski definition) is 0. The number of thioether (sulfide) groups is 2. The average molecular weight is 345 g/mol. The first-order chi connectivity index (χ1) is 11.2. The molecule has 0 saturated carbocycles. The van der Waals surface area contributed by atoms with E-state index < -0.39 is 0 Å². The van der Waals surface area contributed by atoms with E-state index in [0.717, 1.165) is 36.5 Å². The van der Waals surface area contributed by atoms with Crippen molar-refractivity contribution in [3.05, 3.63) is 46.7 Å². The molecular formula is C18H19NO2S2. The number of esters is 1. The fourth-order valence-electron chi connectivity index (χ4n) is 4.54. The molecule has 5 rings (SSSR count). The lowest BCUT2D eigenvalue weighted by atomic mass is 9.84. The molecule has 0 N–H and O–H groups in total. The highest BCUT2D eigenvalue weighted by atomic mass is 32.2. The first-order valence-electron chi connectivity index (χ1n) is 8.27. The fraction of sp³-hybridized carbons (Fsp3) is 0.500. The molecule has 0 radical (unpaired) electrons. The van der Waals surface area contributed by atoms with Crippen LogP contribution in [0.2, 0.25) is 0 Å². The molecule has 3 nitrogen and oxygen atoms in total. The van der Waals surface area contributed by atoms with Crippen LogP contribution in [-0.2, 0) is 16.0 Å². The Morgan fingerprint density at radius 1 is 1.26 bits per heavy atom. The minimum atomic E-state index is -0.107. The van der Waals surface area contributed by atoms with Crippen molar-refractivity contribution in [2.75, 3.05) is 18.1 Å². The number of rotatable bonds is 0. The molecule has 0 aliphatic carbocycles. The van der Waals surface area contributed by atoms with E-state index in [1.54, 1.807) is 0 Å². The van der Waals surface area contributed by atoms with Crippen LogP contribution in [0.25, 0.3) is 0 Å². The summed E-state index contributed by atoms with van der Waals surface area (Å²) in [6, 6.07) is 9.21. The second-order valence-electron chi connectivity index (χ2n) is 6.62. The zero-order chi connectivity index (χ0) is 15.6. The summed E-state index contributed by atoms with van der Waals surface area (Å²) < 4.78 is 5.56. The van der Waals surface area contributed by atoms with E-state index >= 15 is 0 Å². The third-order valence-electron chi connectivity index (χ3n) is 5.45. The second-order valence-corrected chi connectivity index (χ2v) is 9.67. The molecule has 23 heavy (non-hydrogen) atoms. The number of hydrogen-bond acceptors (Lipinski definition) is 5. The maximum absolute atomic E-state index is 12.6. The lowest BCUT2D eigenvalue weighted by molar-refractivity contribution is -0.139. The van der Waals surface area contributed by atoms with Gasteiger partial charge in [0, 0.05) is 24.5 Å².